The van der Waals surface area contributed by atoms with Gasteiger partial charge in [-0.25, -0.2) is 0 Å². The molecule has 0 fully saturated rings. The molecule has 0 bridgehead atoms. The van der Waals surface area contributed by atoms with E-state index in [1.165, 1.54) is 5.56 Å². The largest absolute Gasteiger partial charge is 0.322 e. The fraction of sp³-hybridized carbons (Fsp3) is 0.350. The van der Waals surface area contributed by atoms with Gasteiger partial charge >= 0.3 is 0 Å². The van der Waals surface area contributed by atoms with Crippen LogP contribution < -0.4 is 5.32 Å². The number of rotatable bonds is 6. The van der Waals surface area contributed by atoms with E-state index in [9.17, 15) is 4.79 Å². The van der Waals surface area contributed by atoms with Crippen LogP contribution >= 0.6 is 0 Å². The Morgan fingerprint density at radius 1 is 0.957 bits per heavy atom. The molecule has 2 rings (SSSR count). The molecule has 0 radical (unpaired) electrons. The van der Waals surface area contributed by atoms with Gasteiger partial charge < -0.3 is 5.32 Å². The zero-order valence-electron chi connectivity index (χ0n) is 14.5. The first-order chi connectivity index (χ1) is 11.0. The third kappa shape index (κ3) is 4.42. The predicted octanol–water partition coefficient (Wildman–Crippen LogP) is 4.40. The normalized spacial score (nSPS) is 10.8. The van der Waals surface area contributed by atoms with Crippen LogP contribution in [0.25, 0.3) is 0 Å². The number of carbonyl (C=O) groups is 1. The molecule has 1 N–H and O–H groups in total. The fourth-order valence-corrected chi connectivity index (χ4v) is 2.66. The fourth-order valence-electron chi connectivity index (χ4n) is 2.66. The van der Waals surface area contributed by atoms with Crippen molar-refractivity contribution in [2.75, 3.05) is 18.4 Å². The molecule has 0 spiro atoms. The number of para-hydroxylation sites is 1. The monoisotopic (exact) mass is 310 g/mol. The van der Waals surface area contributed by atoms with Crippen LogP contribution in [0.1, 0.15) is 40.9 Å². The summed E-state index contributed by atoms with van der Waals surface area (Å²) in [6.45, 7) is 11.3. The summed E-state index contributed by atoms with van der Waals surface area (Å²) in [5.41, 5.74) is 4.99. The molecular formula is C20H26N2O. The Morgan fingerprint density at radius 2 is 1.52 bits per heavy atom. The van der Waals surface area contributed by atoms with Crippen LogP contribution in [0.2, 0.25) is 0 Å². The van der Waals surface area contributed by atoms with Gasteiger partial charge in [-0.05, 0) is 55.8 Å². The molecule has 2 aromatic carbocycles. The minimum Gasteiger partial charge on any atom is -0.322 e. The van der Waals surface area contributed by atoms with Crippen molar-refractivity contribution in [1.82, 2.24) is 4.90 Å². The molecule has 0 aliphatic rings. The molecule has 23 heavy (non-hydrogen) atoms. The van der Waals surface area contributed by atoms with Gasteiger partial charge in [0.25, 0.3) is 5.91 Å². The first-order valence-corrected chi connectivity index (χ1v) is 8.24. The second-order valence-electron chi connectivity index (χ2n) is 5.88. The third-order valence-electron chi connectivity index (χ3n) is 4.24. The highest BCUT2D eigenvalue weighted by Crippen LogP contribution is 2.20. The summed E-state index contributed by atoms with van der Waals surface area (Å²) in [4.78, 5) is 14.8. The number of hydrogen-bond acceptors (Lipinski definition) is 2. The Bertz CT molecular complexity index is 638. The molecule has 0 saturated heterocycles. The molecule has 0 atom stereocenters. The van der Waals surface area contributed by atoms with E-state index in [1.54, 1.807) is 0 Å². The predicted molar refractivity (Wildman–Crippen MR) is 96.9 cm³/mol. The number of aryl methyl sites for hydroxylation is 2. The van der Waals surface area contributed by atoms with Gasteiger partial charge in [-0.3, -0.25) is 9.69 Å². The first-order valence-electron chi connectivity index (χ1n) is 8.24. The Balaban J connectivity index is 2.08. The number of nitrogens with one attached hydrogen (secondary N) is 1. The molecular weight excluding hydrogens is 284 g/mol. The average Bonchev–Trinajstić information content (AvgIpc) is 2.56. The van der Waals surface area contributed by atoms with Crippen LogP contribution in [-0.2, 0) is 6.54 Å². The van der Waals surface area contributed by atoms with Crippen molar-refractivity contribution in [3.8, 4) is 0 Å². The maximum Gasteiger partial charge on any atom is 0.255 e. The molecule has 0 aromatic heterocycles. The van der Waals surface area contributed by atoms with Crippen molar-refractivity contribution in [2.45, 2.75) is 34.2 Å². The lowest BCUT2D eigenvalue weighted by Crippen LogP contribution is -2.22. The molecule has 1 amide bonds. The van der Waals surface area contributed by atoms with Crippen LogP contribution in [0, 0.1) is 13.8 Å². The lowest BCUT2D eigenvalue weighted by molar-refractivity contribution is 0.102. The van der Waals surface area contributed by atoms with E-state index in [0.29, 0.717) is 5.56 Å². The Labute approximate surface area is 139 Å². The molecule has 0 aliphatic heterocycles. The molecule has 2 aromatic rings. The van der Waals surface area contributed by atoms with Gasteiger partial charge in [0.15, 0.2) is 0 Å². The van der Waals surface area contributed by atoms with E-state index in [0.717, 1.165) is 36.4 Å². The van der Waals surface area contributed by atoms with E-state index >= 15 is 0 Å². The topological polar surface area (TPSA) is 32.3 Å². The number of anilines is 1. The quantitative estimate of drug-likeness (QED) is 0.858. The second kappa shape index (κ2) is 7.93. The minimum absolute atomic E-state index is 0.0585. The third-order valence-corrected chi connectivity index (χ3v) is 4.24. The molecule has 0 heterocycles. The molecule has 122 valence electrons. The SMILES string of the molecule is CCN(CC)Cc1ccc(C(=O)Nc2c(C)cccc2C)cc1. The van der Waals surface area contributed by atoms with Crippen molar-refractivity contribution in [3.63, 3.8) is 0 Å². The van der Waals surface area contributed by atoms with Crippen molar-refractivity contribution < 1.29 is 4.79 Å². The summed E-state index contributed by atoms with van der Waals surface area (Å²) in [5, 5.41) is 3.03. The highest BCUT2D eigenvalue weighted by atomic mass is 16.1. The molecule has 0 saturated carbocycles. The average molecular weight is 310 g/mol. The standard InChI is InChI=1S/C20H26N2O/c1-5-22(6-2)14-17-10-12-18(13-11-17)20(23)21-19-15(3)8-7-9-16(19)4/h7-13H,5-6,14H2,1-4H3,(H,21,23). The van der Waals surface area contributed by atoms with E-state index in [2.05, 4.69) is 24.1 Å². The molecule has 3 heteroatoms. The van der Waals surface area contributed by atoms with Crippen LogP contribution in [0.3, 0.4) is 0 Å². The Hall–Kier alpha value is -2.13. The maximum atomic E-state index is 12.4. The summed E-state index contributed by atoms with van der Waals surface area (Å²) >= 11 is 0. The number of carbonyl (C=O) groups excluding carboxylic acids is 1. The van der Waals surface area contributed by atoms with Crippen molar-refractivity contribution in [3.05, 3.63) is 64.7 Å². The van der Waals surface area contributed by atoms with E-state index in [-0.39, 0.29) is 5.91 Å². The van der Waals surface area contributed by atoms with Crippen LogP contribution in [0.4, 0.5) is 5.69 Å². The van der Waals surface area contributed by atoms with E-state index < -0.39 is 0 Å². The number of amides is 1. The van der Waals surface area contributed by atoms with Crippen molar-refractivity contribution in [1.29, 1.82) is 0 Å². The molecule has 3 nitrogen and oxygen atoms in total. The van der Waals surface area contributed by atoms with Gasteiger partial charge in [-0.1, -0.05) is 44.2 Å². The zero-order valence-corrected chi connectivity index (χ0v) is 14.5. The lowest BCUT2D eigenvalue weighted by atomic mass is 10.1. The van der Waals surface area contributed by atoms with E-state index in [1.807, 2.05) is 56.3 Å². The summed E-state index contributed by atoms with van der Waals surface area (Å²) in [5.74, 6) is -0.0585. The summed E-state index contributed by atoms with van der Waals surface area (Å²) in [6, 6.07) is 13.9. The summed E-state index contributed by atoms with van der Waals surface area (Å²) < 4.78 is 0. The Kier molecular flexibility index (Phi) is 5.94. The number of benzene rings is 2. The van der Waals surface area contributed by atoms with Gasteiger partial charge in [0.1, 0.15) is 0 Å². The van der Waals surface area contributed by atoms with Gasteiger partial charge in [0.05, 0.1) is 0 Å². The Morgan fingerprint density at radius 3 is 2.04 bits per heavy atom. The molecule has 0 aliphatic carbocycles. The first kappa shape index (κ1) is 17.2. The van der Waals surface area contributed by atoms with Crippen LogP contribution in [-0.4, -0.2) is 23.9 Å². The highest BCUT2D eigenvalue weighted by Gasteiger charge is 2.10. The number of hydrogen-bond donors (Lipinski definition) is 1. The van der Waals surface area contributed by atoms with Crippen LogP contribution in [0.15, 0.2) is 42.5 Å². The van der Waals surface area contributed by atoms with Gasteiger partial charge in [0, 0.05) is 17.8 Å². The lowest BCUT2D eigenvalue weighted by Gasteiger charge is -2.18. The second-order valence-corrected chi connectivity index (χ2v) is 5.88. The highest BCUT2D eigenvalue weighted by molar-refractivity contribution is 6.05. The zero-order chi connectivity index (χ0) is 16.8. The van der Waals surface area contributed by atoms with Crippen LogP contribution in [0.5, 0.6) is 0 Å². The summed E-state index contributed by atoms with van der Waals surface area (Å²) in [6.07, 6.45) is 0. The molecule has 0 unspecified atom stereocenters. The van der Waals surface area contributed by atoms with Crippen molar-refractivity contribution >= 4 is 11.6 Å². The van der Waals surface area contributed by atoms with Gasteiger partial charge in [-0.15, -0.1) is 0 Å². The van der Waals surface area contributed by atoms with Gasteiger partial charge in [0.2, 0.25) is 0 Å². The maximum absolute atomic E-state index is 12.4. The summed E-state index contributed by atoms with van der Waals surface area (Å²) in [7, 11) is 0. The van der Waals surface area contributed by atoms with Gasteiger partial charge in [-0.2, -0.15) is 0 Å². The minimum atomic E-state index is -0.0585. The number of nitrogens with zero attached hydrogens (tertiary/aromatic N) is 1. The smallest absolute Gasteiger partial charge is 0.255 e. The van der Waals surface area contributed by atoms with E-state index in [4.69, 9.17) is 0 Å². The van der Waals surface area contributed by atoms with Crippen molar-refractivity contribution in [2.24, 2.45) is 0 Å².